The lowest BCUT2D eigenvalue weighted by atomic mass is 9.86. The normalized spacial score (nSPS) is 11.4. The Morgan fingerprint density at radius 1 is 0.947 bits per heavy atom. The molecular weight excluding hydrogens is 256 g/mol. The van der Waals surface area contributed by atoms with Crippen LogP contribution in [0.15, 0.2) is 42.5 Å². The fraction of sp³-hybridized carbons (Fsp3) is 0.250. The number of hydrogen-bond acceptors (Lipinski definition) is 2. The third-order valence-corrected chi connectivity index (χ3v) is 3.39. The highest BCUT2D eigenvalue weighted by molar-refractivity contribution is 6.33. The van der Waals surface area contributed by atoms with Crippen LogP contribution < -0.4 is 11.1 Å². The smallest absolute Gasteiger partial charge is 0.0742 e. The van der Waals surface area contributed by atoms with Gasteiger partial charge >= 0.3 is 0 Å². The van der Waals surface area contributed by atoms with E-state index in [2.05, 4.69) is 38.2 Å². The van der Waals surface area contributed by atoms with Gasteiger partial charge in [0, 0.05) is 5.69 Å². The van der Waals surface area contributed by atoms with Crippen molar-refractivity contribution >= 4 is 28.7 Å². The molecule has 0 fully saturated rings. The SMILES string of the molecule is CC(C)(C)c1ccccc1Nc1cccc(Cl)c1N. The number of halogens is 1. The predicted molar refractivity (Wildman–Crippen MR) is 84.3 cm³/mol. The summed E-state index contributed by atoms with van der Waals surface area (Å²) in [4.78, 5) is 0. The van der Waals surface area contributed by atoms with Crippen molar-refractivity contribution < 1.29 is 0 Å². The van der Waals surface area contributed by atoms with E-state index in [-0.39, 0.29) is 5.41 Å². The molecule has 0 spiro atoms. The van der Waals surface area contributed by atoms with Crippen LogP contribution in [0.2, 0.25) is 5.02 Å². The highest BCUT2D eigenvalue weighted by Gasteiger charge is 2.17. The van der Waals surface area contributed by atoms with Crippen molar-refractivity contribution in [3.8, 4) is 0 Å². The maximum atomic E-state index is 6.04. The lowest BCUT2D eigenvalue weighted by Crippen LogP contribution is -2.13. The highest BCUT2D eigenvalue weighted by atomic mass is 35.5. The second-order valence-electron chi connectivity index (χ2n) is 5.62. The predicted octanol–water partition coefficient (Wildman–Crippen LogP) is 4.96. The summed E-state index contributed by atoms with van der Waals surface area (Å²) in [6.45, 7) is 6.57. The Morgan fingerprint density at radius 3 is 2.26 bits per heavy atom. The van der Waals surface area contributed by atoms with Crippen LogP contribution in [-0.2, 0) is 5.41 Å². The molecule has 0 aliphatic rings. The highest BCUT2D eigenvalue weighted by Crippen LogP contribution is 2.34. The number of rotatable bonds is 2. The van der Waals surface area contributed by atoms with Crippen LogP contribution in [0.1, 0.15) is 26.3 Å². The average Bonchev–Trinajstić information content (AvgIpc) is 2.34. The van der Waals surface area contributed by atoms with Crippen molar-refractivity contribution in [1.82, 2.24) is 0 Å². The topological polar surface area (TPSA) is 38.0 Å². The maximum Gasteiger partial charge on any atom is 0.0742 e. The summed E-state index contributed by atoms with van der Waals surface area (Å²) in [5.41, 5.74) is 9.78. The fourth-order valence-corrected chi connectivity index (χ4v) is 2.21. The van der Waals surface area contributed by atoms with Crippen molar-refractivity contribution in [2.24, 2.45) is 0 Å². The van der Waals surface area contributed by atoms with Crippen molar-refractivity contribution in [1.29, 1.82) is 0 Å². The molecule has 2 nitrogen and oxygen atoms in total. The number of hydrogen-bond donors (Lipinski definition) is 2. The van der Waals surface area contributed by atoms with E-state index in [1.165, 1.54) is 5.56 Å². The molecule has 0 bridgehead atoms. The zero-order valence-electron chi connectivity index (χ0n) is 11.5. The Balaban J connectivity index is 2.42. The maximum absolute atomic E-state index is 6.04. The van der Waals surface area contributed by atoms with Gasteiger partial charge in [0.15, 0.2) is 0 Å². The Bertz CT molecular complexity index is 586. The second kappa shape index (κ2) is 5.14. The minimum absolute atomic E-state index is 0.0664. The lowest BCUT2D eigenvalue weighted by molar-refractivity contribution is 0.592. The van der Waals surface area contributed by atoms with Crippen LogP contribution in [0.4, 0.5) is 17.1 Å². The summed E-state index contributed by atoms with van der Waals surface area (Å²) in [5.74, 6) is 0. The van der Waals surface area contributed by atoms with Gasteiger partial charge in [0.25, 0.3) is 0 Å². The standard InChI is InChI=1S/C16H19ClN2/c1-16(2,3)11-7-4-5-9-13(11)19-14-10-6-8-12(17)15(14)18/h4-10,19H,18H2,1-3H3. The lowest BCUT2D eigenvalue weighted by Gasteiger charge is -2.24. The van der Waals surface area contributed by atoms with Gasteiger partial charge in [-0.2, -0.15) is 0 Å². The number of nitrogens with one attached hydrogen (secondary N) is 1. The van der Waals surface area contributed by atoms with Crippen LogP contribution in [0.5, 0.6) is 0 Å². The minimum Gasteiger partial charge on any atom is -0.396 e. The molecule has 0 amide bonds. The van der Waals surface area contributed by atoms with Crippen molar-refractivity contribution in [2.75, 3.05) is 11.1 Å². The first kappa shape index (κ1) is 13.8. The van der Waals surface area contributed by atoms with Gasteiger partial charge in [-0.25, -0.2) is 0 Å². The zero-order chi connectivity index (χ0) is 14.0. The largest absolute Gasteiger partial charge is 0.396 e. The van der Waals surface area contributed by atoms with E-state index >= 15 is 0 Å². The van der Waals surface area contributed by atoms with E-state index in [0.717, 1.165) is 11.4 Å². The van der Waals surface area contributed by atoms with Crippen molar-refractivity contribution in [3.05, 3.63) is 53.1 Å². The molecule has 0 heterocycles. The fourth-order valence-electron chi connectivity index (χ4n) is 2.04. The number of anilines is 3. The molecular formula is C16H19ClN2. The Hall–Kier alpha value is -1.67. The summed E-state index contributed by atoms with van der Waals surface area (Å²) in [7, 11) is 0. The molecule has 0 aromatic heterocycles. The summed E-state index contributed by atoms with van der Waals surface area (Å²) in [6, 6.07) is 13.9. The first-order valence-electron chi connectivity index (χ1n) is 6.30. The van der Waals surface area contributed by atoms with E-state index < -0.39 is 0 Å². The van der Waals surface area contributed by atoms with Gasteiger partial charge < -0.3 is 11.1 Å². The van der Waals surface area contributed by atoms with Crippen LogP contribution in [-0.4, -0.2) is 0 Å². The van der Waals surface area contributed by atoms with Crippen LogP contribution >= 0.6 is 11.6 Å². The molecule has 0 unspecified atom stereocenters. The van der Waals surface area contributed by atoms with Gasteiger partial charge in [-0.05, 0) is 29.2 Å². The van der Waals surface area contributed by atoms with Gasteiger partial charge in [0.2, 0.25) is 0 Å². The number of benzene rings is 2. The van der Waals surface area contributed by atoms with E-state index in [0.29, 0.717) is 10.7 Å². The summed E-state index contributed by atoms with van der Waals surface area (Å²) >= 11 is 6.04. The van der Waals surface area contributed by atoms with Gasteiger partial charge in [0.05, 0.1) is 16.4 Å². The third-order valence-electron chi connectivity index (χ3n) is 3.06. The Labute approximate surface area is 119 Å². The molecule has 0 aliphatic carbocycles. The Kier molecular flexibility index (Phi) is 3.72. The molecule has 2 rings (SSSR count). The molecule has 0 atom stereocenters. The van der Waals surface area contributed by atoms with Crippen LogP contribution in [0, 0.1) is 0 Å². The van der Waals surface area contributed by atoms with Crippen molar-refractivity contribution in [2.45, 2.75) is 26.2 Å². The number of nitrogen functional groups attached to an aromatic ring is 1. The second-order valence-corrected chi connectivity index (χ2v) is 6.03. The Morgan fingerprint density at radius 2 is 1.58 bits per heavy atom. The minimum atomic E-state index is 0.0664. The van der Waals surface area contributed by atoms with E-state index in [1.807, 2.05) is 24.3 Å². The molecule has 2 aromatic rings. The van der Waals surface area contributed by atoms with E-state index in [4.69, 9.17) is 17.3 Å². The zero-order valence-corrected chi connectivity index (χ0v) is 12.3. The molecule has 19 heavy (non-hydrogen) atoms. The molecule has 100 valence electrons. The van der Waals surface area contributed by atoms with Crippen molar-refractivity contribution in [3.63, 3.8) is 0 Å². The van der Waals surface area contributed by atoms with E-state index in [1.54, 1.807) is 6.07 Å². The first-order chi connectivity index (χ1) is 8.89. The quantitative estimate of drug-likeness (QED) is 0.759. The van der Waals surface area contributed by atoms with Gasteiger partial charge in [0.1, 0.15) is 0 Å². The molecule has 0 aliphatic heterocycles. The molecule has 0 radical (unpaired) electrons. The summed E-state index contributed by atoms with van der Waals surface area (Å²) in [5, 5.41) is 3.95. The molecule has 0 saturated heterocycles. The number of para-hydroxylation sites is 2. The molecule has 0 saturated carbocycles. The first-order valence-corrected chi connectivity index (χ1v) is 6.68. The van der Waals surface area contributed by atoms with Crippen LogP contribution in [0.3, 0.4) is 0 Å². The van der Waals surface area contributed by atoms with Gasteiger partial charge in [-0.1, -0.05) is 56.6 Å². The van der Waals surface area contributed by atoms with E-state index in [9.17, 15) is 0 Å². The summed E-state index contributed by atoms with van der Waals surface area (Å²) in [6.07, 6.45) is 0. The van der Waals surface area contributed by atoms with Gasteiger partial charge in [-0.15, -0.1) is 0 Å². The third kappa shape index (κ3) is 3.02. The van der Waals surface area contributed by atoms with Gasteiger partial charge in [-0.3, -0.25) is 0 Å². The molecule has 3 N–H and O–H groups in total. The van der Waals surface area contributed by atoms with Crippen LogP contribution in [0.25, 0.3) is 0 Å². The average molecular weight is 275 g/mol. The molecule has 3 heteroatoms. The summed E-state index contributed by atoms with van der Waals surface area (Å²) < 4.78 is 0. The molecule has 2 aromatic carbocycles. The number of nitrogens with two attached hydrogens (primary N) is 1. The monoisotopic (exact) mass is 274 g/mol.